The van der Waals surface area contributed by atoms with E-state index in [1.807, 2.05) is 24.4 Å². The summed E-state index contributed by atoms with van der Waals surface area (Å²) in [6.45, 7) is 4.66. The molecule has 4 aromatic heterocycles. The number of hydrogen-bond acceptors (Lipinski definition) is 7. The highest BCUT2D eigenvalue weighted by atomic mass is 16.1. The molecule has 0 radical (unpaired) electrons. The molecule has 180 valence electrons. The smallest absolute Gasteiger partial charge is 0.248 e. The number of likely N-dealkylation sites (tertiary alicyclic amines) is 1. The number of fused-ring (bicyclic) bond motifs is 1. The fourth-order valence-electron chi connectivity index (χ4n) is 5.38. The third-order valence-electron chi connectivity index (χ3n) is 7.22. The van der Waals surface area contributed by atoms with Crippen LogP contribution in [0.15, 0.2) is 59.9 Å². The molecular formula is C26H30N8O. The van der Waals surface area contributed by atoms with Crippen LogP contribution in [0.3, 0.4) is 0 Å². The summed E-state index contributed by atoms with van der Waals surface area (Å²) in [5.41, 5.74) is 3.84. The van der Waals surface area contributed by atoms with Crippen LogP contribution in [0, 0.1) is 0 Å². The molecule has 2 aliphatic rings. The second-order valence-corrected chi connectivity index (χ2v) is 9.41. The molecule has 2 N–H and O–H groups in total. The number of pyridine rings is 3. The van der Waals surface area contributed by atoms with Crippen molar-refractivity contribution in [3.05, 3.63) is 65.5 Å². The van der Waals surface area contributed by atoms with Crippen LogP contribution in [0.4, 0.5) is 17.2 Å². The highest BCUT2D eigenvalue weighted by Crippen LogP contribution is 2.28. The fraction of sp³-hybridized carbons (Fsp3) is 0.385. The Kier molecular flexibility index (Phi) is 5.91. The van der Waals surface area contributed by atoms with Gasteiger partial charge in [0.2, 0.25) is 5.56 Å². The Morgan fingerprint density at radius 1 is 0.943 bits per heavy atom. The largest absolute Gasteiger partial charge is 0.357 e. The van der Waals surface area contributed by atoms with E-state index in [0.717, 1.165) is 47.6 Å². The quantitative estimate of drug-likeness (QED) is 0.459. The molecule has 0 spiro atoms. The molecule has 9 nitrogen and oxygen atoms in total. The van der Waals surface area contributed by atoms with Crippen LogP contribution in [0.1, 0.15) is 32.1 Å². The molecular weight excluding hydrogens is 440 g/mol. The van der Waals surface area contributed by atoms with E-state index in [1.165, 1.54) is 51.5 Å². The van der Waals surface area contributed by atoms with E-state index in [0.29, 0.717) is 5.65 Å². The highest BCUT2D eigenvalue weighted by Gasteiger charge is 2.26. The van der Waals surface area contributed by atoms with Gasteiger partial charge in [-0.1, -0.05) is 6.42 Å². The Labute approximate surface area is 203 Å². The van der Waals surface area contributed by atoms with Crippen molar-refractivity contribution in [2.24, 2.45) is 0 Å². The van der Waals surface area contributed by atoms with E-state index in [2.05, 4.69) is 42.3 Å². The SMILES string of the molecule is O=c1cc(-c2ccc(Nc3ccc(N4CCC(N5CCCCC5)CC4)nc3)c3ncnn23)cc[nH]1. The van der Waals surface area contributed by atoms with Gasteiger partial charge in [-0.25, -0.2) is 14.5 Å². The van der Waals surface area contributed by atoms with Crippen LogP contribution < -0.4 is 15.8 Å². The van der Waals surface area contributed by atoms with Crippen molar-refractivity contribution in [3.8, 4) is 11.3 Å². The van der Waals surface area contributed by atoms with Gasteiger partial charge < -0.3 is 20.1 Å². The first kappa shape index (κ1) is 21.8. The molecule has 0 unspecified atom stereocenters. The maximum atomic E-state index is 11.8. The van der Waals surface area contributed by atoms with Crippen molar-refractivity contribution in [1.82, 2.24) is 29.5 Å². The molecule has 2 saturated heterocycles. The Balaban J connectivity index is 1.15. The maximum absolute atomic E-state index is 11.8. The van der Waals surface area contributed by atoms with Gasteiger partial charge in [-0.05, 0) is 69.1 Å². The average Bonchev–Trinajstić information content (AvgIpc) is 3.41. The Bertz CT molecular complexity index is 1350. The van der Waals surface area contributed by atoms with Crippen molar-refractivity contribution >= 4 is 22.8 Å². The first-order valence-electron chi connectivity index (χ1n) is 12.5. The third kappa shape index (κ3) is 4.51. The van der Waals surface area contributed by atoms with Gasteiger partial charge in [-0.2, -0.15) is 5.10 Å². The van der Waals surface area contributed by atoms with E-state index in [1.54, 1.807) is 16.8 Å². The van der Waals surface area contributed by atoms with Crippen LogP contribution in [-0.4, -0.2) is 61.7 Å². The molecule has 0 aromatic carbocycles. The van der Waals surface area contributed by atoms with E-state index in [-0.39, 0.29) is 5.56 Å². The zero-order valence-corrected chi connectivity index (χ0v) is 19.7. The van der Waals surface area contributed by atoms with Crippen molar-refractivity contribution in [2.45, 2.75) is 38.1 Å². The lowest BCUT2D eigenvalue weighted by Gasteiger charge is -2.40. The minimum absolute atomic E-state index is 0.153. The fourth-order valence-corrected chi connectivity index (χ4v) is 5.38. The molecule has 0 saturated carbocycles. The number of nitrogens with zero attached hydrogens (tertiary/aromatic N) is 6. The number of rotatable bonds is 5. The van der Waals surface area contributed by atoms with Crippen LogP contribution in [0.25, 0.3) is 16.9 Å². The average molecular weight is 471 g/mol. The second-order valence-electron chi connectivity index (χ2n) is 9.41. The summed E-state index contributed by atoms with van der Waals surface area (Å²) in [6.07, 6.45) is 11.6. The molecule has 2 aliphatic heterocycles. The van der Waals surface area contributed by atoms with Gasteiger partial charge >= 0.3 is 0 Å². The molecule has 4 aromatic rings. The molecule has 35 heavy (non-hydrogen) atoms. The number of aromatic nitrogens is 5. The van der Waals surface area contributed by atoms with Gasteiger partial charge in [0.25, 0.3) is 0 Å². The standard InChI is InChI=1S/C26H30N8O/c35-25-16-19(8-11-27-25)23-6-5-22(26-29-18-30-34(23)26)31-20-4-7-24(28-17-20)33-14-9-21(10-15-33)32-12-2-1-3-13-32/h4-8,11,16-18,21,31H,1-3,9-10,12-15H2,(H,27,35). The van der Waals surface area contributed by atoms with Crippen LogP contribution in [0.2, 0.25) is 0 Å². The van der Waals surface area contributed by atoms with E-state index in [9.17, 15) is 4.79 Å². The van der Waals surface area contributed by atoms with Gasteiger partial charge in [0, 0.05) is 37.0 Å². The number of aromatic amines is 1. The summed E-state index contributed by atoms with van der Waals surface area (Å²) in [5.74, 6) is 1.03. The summed E-state index contributed by atoms with van der Waals surface area (Å²) in [7, 11) is 0. The first-order chi connectivity index (χ1) is 17.2. The molecule has 2 fully saturated rings. The topological polar surface area (TPSA) is 94.4 Å². The maximum Gasteiger partial charge on any atom is 0.248 e. The van der Waals surface area contributed by atoms with Gasteiger partial charge in [-0.15, -0.1) is 0 Å². The molecule has 0 aliphatic carbocycles. The summed E-state index contributed by atoms with van der Waals surface area (Å²) in [6, 6.07) is 12.2. The van der Waals surface area contributed by atoms with Crippen LogP contribution in [-0.2, 0) is 0 Å². The number of nitrogens with one attached hydrogen (secondary N) is 2. The predicted octanol–water partition coefficient (Wildman–Crippen LogP) is 3.68. The van der Waals surface area contributed by atoms with Crippen molar-refractivity contribution in [3.63, 3.8) is 0 Å². The van der Waals surface area contributed by atoms with Crippen LogP contribution >= 0.6 is 0 Å². The Morgan fingerprint density at radius 3 is 2.57 bits per heavy atom. The third-order valence-corrected chi connectivity index (χ3v) is 7.22. The minimum atomic E-state index is -0.153. The number of anilines is 3. The number of piperidine rings is 2. The van der Waals surface area contributed by atoms with Crippen molar-refractivity contribution < 1.29 is 0 Å². The normalized spacial score (nSPS) is 17.7. The van der Waals surface area contributed by atoms with Gasteiger partial charge in [0.15, 0.2) is 5.65 Å². The molecule has 0 bridgehead atoms. The first-order valence-corrected chi connectivity index (χ1v) is 12.5. The zero-order valence-electron chi connectivity index (χ0n) is 19.7. The van der Waals surface area contributed by atoms with Crippen molar-refractivity contribution in [2.75, 3.05) is 36.4 Å². The number of hydrogen-bond donors (Lipinski definition) is 2. The lowest BCUT2D eigenvalue weighted by molar-refractivity contribution is 0.141. The second kappa shape index (κ2) is 9.50. The highest BCUT2D eigenvalue weighted by molar-refractivity contribution is 5.77. The van der Waals surface area contributed by atoms with Gasteiger partial charge in [0.1, 0.15) is 12.1 Å². The summed E-state index contributed by atoms with van der Waals surface area (Å²) in [4.78, 5) is 28.7. The summed E-state index contributed by atoms with van der Waals surface area (Å²) in [5, 5.41) is 7.79. The molecule has 0 amide bonds. The molecule has 6 rings (SSSR count). The molecule has 9 heteroatoms. The van der Waals surface area contributed by atoms with Gasteiger partial charge in [0.05, 0.1) is 23.3 Å². The lowest BCUT2D eigenvalue weighted by Crippen LogP contribution is -2.46. The van der Waals surface area contributed by atoms with Crippen LogP contribution in [0.5, 0.6) is 0 Å². The van der Waals surface area contributed by atoms with Crippen molar-refractivity contribution in [1.29, 1.82) is 0 Å². The molecule has 6 heterocycles. The monoisotopic (exact) mass is 470 g/mol. The summed E-state index contributed by atoms with van der Waals surface area (Å²) >= 11 is 0. The van der Waals surface area contributed by atoms with E-state index < -0.39 is 0 Å². The zero-order chi connectivity index (χ0) is 23.6. The Morgan fingerprint density at radius 2 is 1.80 bits per heavy atom. The van der Waals surface area contributed by atoms with Gasteiger partial charge in [-0.3, -0.25) is 4.79 Å². The predicted molar refractivity (Wildman–Crippen MR) is 137 cm³/mol. The van der Waals surface area contributed by atoms with E-state index in [4.69, 9.17) is 4.98 Å². The number of H-pyrrole nitrogens is 1. The Hall–Kier alpha value is -3.72. The minimum Gasteiger partial charge on any atom is -0.357 e. The summed E-state index contributed by atoms with van der Waals surface area (Å²) < 4.78 is 1.74. The molecule has 0 atom stereocenters. The van der Waals surface area contributed by atoms with E-state index >= 15 is 0 Å². The lowest BCUT2D eigenvalue weighted by atomic mass is 10.00.